The van der Waals surface area contributed by atoms with Crippen molar-refractivity contribution in [2.24, 2.45) is 17.8 Å². The highest BCUT2D eigenvalue weighted by Crippen LogP contribution is 2.50. The minimum atomic E-state index is -1.05. The molecule has 0 radical (unpaired) electrons. The number of phenols is 1. The van der Waals surface area contributed by atoms with Crippen molar-refractivity contribution in [3.63, 3.8) is 0 Å². The van der Waals surface area contributed by atoms with E-state index in [4.69, 9.17) is 4.65 Å². The number of halogens is 1. The van der Waals surface area contributed by atoms with E-state index in [1.54, 1.807) is 36.4 Å². The van der Waals surface area contributed by atoms with Crippen LogP contribution in [0.1, 0.15) is 58.9 Å². The highest BCUT2D eigenvalue weighted by atomic mass is 79.9. The van der Waals surface area contributed by atoms with Crippen molar-refractivity contribution in [1.82, 2.24) is 0 Å². The molecule has 0 unspecified atom stereocenters. The maximum absolute atomic E-state index is 13.6. The van der Waals surface area contributed by atoms with Crippen LogP contribution in [-0.4, -0.2) is 46.6 Å². The van der Waals surface area contributed by atoms with Gasteiger partial charge in [-0.1, -0.05) is 58.8 Å². The van der Waals surface area contributed by atoms with Gasteiger partial charge in [-0.15, -0.1) is 0 Å². The third-order valence-electron chi connectivity index (χ3n) is 8.08. The van der Waals surface area contributed by atoms with Crippen molar-refractivity contribution < 1.29 is 29.5 Å². The molecule has 0 bridgehead atoms. The molecule has 192 valence electrons. The van der Waals surface area contributed by atoms with Gasteiger partial charge in [0.25, 0.3) is 0 Å². The van der Waals surface area contributed by atoms with Gasteiger partial charge in [0, 0.05) is 33.0 Å². The van der Waals surface area contributed by atoms with Crippen molar-refractivity contribution >= 4 is 40.7 Å². The van der Waals surface area contributed by atoms with Crippen LogP contribution < -0.4 is 0 Å². The number of allylic oxidation sites excluding steroid dienone is 1. The second-order valence-electron chi connectivity index (χ2n) is 10.1. The Kier molecular flexibility index (Phi) is 7.54. The van der Waals surface area contributed by atoms with E-state index < -0.39 is 25.1 Å². The van der Waals surface area contributed by atoms with Gasteiger partial charge >= 0.3 is 7.12 Å². The van der Waals surface area contributed by atoms with E-state index in [0.717, 1.165) is 33.2 Å². The highest BCUT2D eigenvalue weighted by molar-refractivity contribution is 9.10. The van der Waals surface area contributed by atoms with E-state index >= 15 is 0 Å². The molecular weight excluding hydrogens is 535 g/mol. The fourth-order valence-electron chi connectivity index (χ4n) is 6.34. The lowest BCUT2D eigenvalue weighted by Gasteiger charge is -2.47. The average molecular weight is 565 g/mol. The van der Waals surface area contributed by atoms with Crippen LogP contribution in [0.2, 0.25) is 6.32 Å². The van der Waals surface area contributed by atoms with Gasteiger partial charge in [0.2, 0.25) is 0 Å². The average Bonchev–Trinajstić information content (AvgIpc) is 2.90. The van der Waals surface area contributed by atoms with Gasteiger partial charge in [-0.25, -0.2) is 0 Å². The summed E-state index contributed by atoms with van der Waals surface area (Å²) in [6.45, 7) is 1.84. The van der Waals surface area contributed by atoms with E-state index in [-0.39, 0.29) is 36.2 Å². The number of hydrogen-bond acceptors (Lipinski definition) is 6. The van der Waals surface area contributed by atoms with Gasteiger partial charge in [0.1, 0.15) is 5.75 Å². The van der Waals surface area contributed by atoms with Crippen molar-refractivity contribution in [3.05, 3.63) is 80.3 Å². The second-order valence-corrected chi connectivity index (χ2v) is 11.1. The number of fused-ring (bicyclic) bond motifs is 4. The summed E-state index contributed by atoms with van der Waals surface area (Å²) in [5.74, 6) is -1.38. The number of rotatable bonds is 6. The Hall–Kier alpha value is -2.52. The number of aliphatic hydroxyl groups excluding tert-OH is 1. The van der Waals surface area contributed by atoms with E-state index in [2.05, 4.69) is 15.9 Å². The molecule has 5 rings (SSSR count). The summed E-state index contributed by atoms with van der Waals surface area (Å²) in [7, 11) is -1.05. The SMILES string of the molecule is CC/C(=C\c1cc(Br)ccc1O)CC[C@H]1OB(O)C[C@H]2C1=C(CO)C[C@H]1C(=O)c3ccccc3C(=O)[C@H]12. The van der Waals surface area contributed by atoms with E-state index in [0.29, 0.717) is 30.4 Å². The van der Waals surface area contributed by atoms with Gasteiger partial charge in [-0.2, -0.15) is 0 Å². The lowest BCUT2D eigenvalue weighted by atomic mass is 9.54. The van der Waals surface area contributed by atoms with E-state index in [1.807, 2.05) is 19.1 Å². The number of ketones is 2. The Balaban J connectivity index is 1.46. The highest BCUT2D eigenvalue weighted by Gasteiger charge is 2.53. The Bertz CT molecular complexity index is 1300. The van der Waals surface area contributed by atoms with Crippen LogP contribution in [0.3, 0.4) is 0 Å². The summed E-state index contributed by atoms with van der Waals surface area (Å²) < 4.78 is 6.86. The van der Waals surface area contributed by atoms with Gasteiger partial charge in [-0.05, 0) is 67.3 Å². The molecule has 3 N–H and O–H groups in total. The standard InChI is InChI=1S/C29H30BBrO6/c1-2-16(11-17-12-19(31)8-9-24(17)33)7-10-25-26-18(15-32)13-22-27(23(26)14-30(36)37-25)29(35)21-6-4-3-5-20(21)28(22)34/h3-6,8-9,11-12,22-23,25,27,32-33,36H,2,7,10,13-15H2,1H3/b16-11+/t22-,23+,25-,27-/m1/s1. The molecule has 0 amide bonds. The number of Topliss-reactive ketones (excluding diaryl/α,β-unsaturated/α-hetero) is 2. The molecular formula is C29H30BBrO6. The van der Waals surface area contributed by atoms with E-state index in [9.17, 15) is 24.8 Å². The van der Waals surface area contributed by atoms with Crippen LogP contribution in [-0.2, 0) is 4.65 Å². The Morgan fingerprint density at radius 2 is 1.86 bits per heavy atom. The molecule has 0 aromatic heterocycles. The summed E-state index contributed by atoms with van der Waals surface area (Å²) >= 11 is 3.45. The summed E-state index contributed by atoms with van der Waals surface area (Å²) in [6, 6.07) is 12.2. The quantitative estimate of drug-likeness (QED) is 0.328. The number of carbonyl (C=O) groups is 2. The van der Waals surface area contributed by atoms with Crippen LogP contribution in [0.5, 0.6) is 5.75 Å². The minimum absolute atomic E-state index is 0.0623. The van der Waals surface area contributed by atoms with Gasteiger partial charge in [-0.3, -0.25) is 9.59 Å². The van der Waals surface area contributed by atoms with Crippen LogP contribution in [0, 0.1) is 17.8 Å². The Labute approximate surface area is 225 Å². The maximum atomic E-state index is 13.6. The third kappa shape index (κ3) is 4.88. The molecule has 2 aromatic rings. The molecule has 3 aliphatic rings. The zero-order chi connectivity index (χ0) is 26.3. The van der Waals surface area contributed by atoms with Crippen LogP contribution in [0.4, 0.5) is 0 Å². The number of aliphatic hydroxyl groups is 1. The topological polar surface area (TPSA) is 104 Å². The van der Waals surface area contributed by atoms with Crippen LogP contribution >= 0.6 is 15.9 Å². The van der Waals surface area contributed by atoms with Gasteiger partial charge in [0.05, 0.1) is 12.7 Å². The molecule has 1 saturated heterocycles. The Morgan fingerprint density at radius 3 is 2.57 bits per heavy atom. The monoisotopic (exact) mass is 564 g/mol. The predicted molar refractivity (Wildman–Crippen MR) is 145 cm³/mol. The second kappa shape index (κ2) is 10.7. The molecule has 1 fully saturated rings. The molecule has 4 atom stereocenters. The smallest absolute Gasteiger partial charge is 0.455 e. The fraction of sp³-hybridized carbons (Fsp3) is 0.379. The molecule has 2 aliphatic carbocycles. The predicted octanol–water partition coefficient (Wildman–Crippen LogP) is 5.23. The first kappa shape index (κ1) is 26.1. The number of carbonyl (C=O) groups excluding carboxylic acids is 2. The Morgan fingerprint density at radius 1 is 1.14 bits per heavy atom. The molecule has 1 aliphatic heterocycles. The summed E-state index contributed by atoms with van der Waals surface area (Å²) in [4.78, 5) is 27.0. The molecule has 2 aromatic carbocycles. The van der Waals surface area contributed by atoms with E-state index in [1.165, 1.54) is 0 Å². The molecule has 0 spiro atoms. The summed E-state index contributed by atoms with van der Waals surface area (Å²) in [5.41, 5.74) is 4.33. The lowest BCUT2D eigenvalue weighted by Crippen LogP contribution is -2.51. The van der Waals surface area contributed by atoms with Gasteiger partial charge in [0.15, 0.2) is 11.6 Å². The molecule has 1 heterocycles. The first-order chi connectivity index (χ1) is 17.8. The zero-order valence-corrected chi connectivity index (χ0v) is 22.3. The van der Waals surface area contributed by atoms with Crippen molar-refractivity contribution in [1.29, 1.82) is 0 Å². The van der Waals surface area contributed by atoms with Crippen molar-refractivity contribution in [2.75, 3.05) is 6.61 Å². The third-order valence-corrected chi connectivity index (χ3v) is 8.58. The number of benzene rings is 2. The zero-order valence-electron chi connectivity index (χ0n) is 20.7. The number of phenolic OH excluding ortho intramolecular Hbond substituents is 1. The number of hydrogen-bond donors (Lipinski definition) is 3. The largest absolute Gasteiger partial charge is 0.507 e. The molecule has 0 saturated carbocycles. The lowest BCUT2D eigenvalue weighted by molar-refractivity contribution is 0.0590. The summed E-state index contributed by atoms with van der Waals surface area (Å²) in [6.07, 6.45) is 4.02. The normalized spacial score (nSPS) is 25.6. The molecule has 37 heavy (non-hydrogen) atoms. The van der Waals surface area contributed by atoms with Crippen molar-refractivity contribution in [3.8, 4) is 5.75 Å². The first-order valence-electron chi connectivity index (χ1n) is 12.8. The van der Waals surface area contributed by atoms with Gasteiger partial charge < -0.3 is 19.9 Å². The minimum Gasteiger partial charge on any atom is -0.507 e. The summed E-state index contributed by atoms with van der Waals surface area (Å²) in [5, 5.41) is 31.3. The maximum Gasteiger partial charge on any atom is 0.455 e. The fourth-order valence-corrected chi connectivity index (χ4v) is 6.72. The van der Waals surface area contributed by atoms with Crippen LogP contribution in [0.15, 0.2) is 63.7 Å². The molecule has 6 nitrogen and oxygen atoms in total. The number of aromatic hydroxyl groups is 1. The van der Waals surface area contributed by atoms with Crippen molar-refractivity contribution in [2.45, 2.75) is 45.0 Å². The first-order valence-corrected chi connectivity index (χ1v) is 13.6. The van der Waals surface area contributed by atoms with Crippen LogP contribution in [0.25, 0.3) is 6.08 Å². The molecule has 8 heteroatoms.